The van der Waals surface area contributed by atoms with Gasteiger partial charge in [-0.05, 0) is 25.0 Å². The van der Waals surface area contributed by atoms with Gasteiger partial charge in [-0.2, -0.15) is 0 Å². The topological polar surface area (TPSA) is 41.5 Å². The molecule has 2 aliphatic rings. The van der Waals surface area contributed by atoms with Crippen LogP contribution in [0.2, 0.25) is 0 Å². The zero-order valence-electron chi connectivity index (χ0n) is 11.2. The van der Waals surface area contributed by atoms with E-state index in [4.69, 9.17) is 4.74 Å². The molecule has 2 fully saturated rings. The van der Waals surface area contributed by atoms with Crippen molar-refractivity contribution in [1.82, 2.24) is 0 Å². The van der Waals surface area contributed by atoms with Gasteiger partial charge in [0, 0.05) is 17.7 Å². The minimum Gasteiger partial charge on any atom is -0.387 e. The molecule has 0 amide bonds. The van der Waals surface area contributed by atoms with E-state index in [1.165, 1.54) is 6.07 Å². The van der Waals surface area contributed by atoms with Gasteiger partial charge in [-0.1, -0.05) is 12.8 Å². The second-order valence-corrected chi connectivity index (χ2v) is 5.80. The summed E-state index contributed by atoms with van der Waals surface area (Å²) in [6.45, 7) is 0.957. The highest BCUT2D eigenvalue weighted by Crippen LogP contribution is 2.40. The molecule has 1 aromatic carbocycles. The maximum atomic E-state index is 13.3. The van der Waals surface area contributed by atoms with Crippen molar-refractivity contribution in [2.75, 3.05) is 18.5 Å². The highest BCUT2D eigenvalue weighted by molar-refractivity contribution is 5.45. The molecule has 0 spiro atoms. The minimum absolute atomic E-state index is 0.118. The Morgan fingerprint density at radius 1 is 1.20 bits per heavy atom. The molecule has 3 nitrogen and oxygen atoms in total. The van der Waals surface area contributed by atoms with Crippen LogP contribution in [0.4, 0.5) is 14.5 Å². The number of halogens is 2. The van der Waals surface area contributed by atoms with E-state index in [0.717, 1.165) is 37.8 Å². The van der Waals surface area contributed by atoms with E-state index < -0.39 is 17.2 Å². The standard InChI is InChI=1S/C15H19F2NO2/c16-12-5-4-11(7-13(12)17)18-14-9-20-8-10-3-1-2-6-15(10,14)19/h4-5,7,10,14,18-19H,1-3,6,8-9H2. The zero-order chi connectivity index (χ0) is 14.2. The molecule has 2 N–H and O–H groups in total. The first kappa shape index (κ1) is 13.8. The third-order valence-electron chi connectivity index (χ3n) is 4.55. The molecule has 1 saturated carbocycles. The lowest BCUT2D eigenvalue weighted by molar-refractivity contribution is -0.139. The van der Waals surface area contributed by atoms with Crippen molar-refractivity contribution in [3.05, 3.63) is 29.8 Å². The molecule has 0 bridgehead atoms. The average molecular weight is 283 g/mol. The Hall–Kier alpha value is -1.20. The van der Waals surface area contributed by atoms with Crippen molar-refractivity contribution in [2.45, 2.75) is 37.3 Å². The van der Waals surface area contributed by atoms with Crippen LogP contribution >= 0.6 is 0 Å². The average Bonchev–Trinajstić information content (AvgIpc) is 2.43. The van der Waals surface area contributed by atoms with Crippen LogP contribution in [-0.2, 0) is 4.74 Å². The fourth-order valence-electron chi connectivity index (χ4n) is 3.37. The fraction of sp³-hybridized carbons (Fsp3) is 0.600. The van der Waals surface area contributed by atoms with Gasteiger partial charge in [-0.3, -0.25) is 0 Å². The molecule has 3 rings (SSSR count). The van der Waals surface area contributed by atoms with Crippen molar-refractivity contribution < 1.29 is 18.6 Å². The molecule has 110 valence electrons. The molecule has 20 heavy (non-hydrogen) atoms. The number of nitrogens with one attached hydrogen (secondary N) is 1. The van der Waals surface area contributed by atoms with E-state index in [9.17, 15) is 13.9 Å². The third-order valence-corrected chi connectivity index (χ3v) is 4.55. The number of fused-ring (bicyclic) bond motifs is 1. The number of aliphatic hydroxyl groups is 1. The summed E-state index contributed by atoms with van der Waals surface area (Å²) in [6.07, 6.45) is 3.77. The number of rotatable bonds is 2. The lowest BCUT2D eigenvalue weighted by Crippen LogP contribution is -2.60. The van der Waals surface area contributed by atoms with Crippen LogP contribution in [0.15, 0.2) is 18.2 Å². The molecular formula is C15H19F2NO2. The summed E-state index contributed by atoms with van der Waals surface area (Å²) in [4.78, 5) is 0. The van der Waals surface area contributed by atoms with Crippen LogP contribution in [0, 0.1) is 17.6 Å². The number of benzene rings is 1. The first-order valence-corrected chi connectivity index (χ1v) is 7.11. The predicted molar refractivity (Wildman–Crippen MR) is 71.5 cm³/mol. The quantitative estimate of drug-likeness (QED) is 0.877. The van der Waals surface area contributed by atoms with E-state index in [-0.39, 0.29) is 12.0 Å². The summed E-state index contributed by atoms with van der Waals surface area (Å²) in [6, 6.07) is 3.40. The Morgan fingerprint density at radius 3 is 2.85 bits per heavy atom. The molecule has 3 unspecified atom stereocenters. The van der Waals surface area contributed by atoms with Crippen molar-refractivity contribution in [3.8, 4) is 0 Å². The van der Waals surface area contributed by atoms with Gasteiger partial charge < -0.3 is 15.2 Å². The van der Waals surface area contributed by atoms with E-state index in [0.29, 0.717) is 18.9 Å². The summed E-state index contributed by atoms with van der Waals surface area (Å²) in [7, 11) is 0. The van der Waals surface area contributed by atoms with Crippen LogP contribution in [0.5, 0.6) is 0 Å². The van der Waals surface area contributed by atoms with Gasteiger partial charge in [0.1, 0.15) is 0 Å². The Kier molecular flexibility index (Phi) is 3.65. The first-order valence-electron chi connectivity index (χ1n) is 7.11. The molecule has 5 heteroatoms. The largest absolute Gasteiger partial charge is 0.387 e. The zero-order valence-corrected chi connectivity index (χ0v) is 11.2. The Balaban J connectivity index is 1.79. The number of hydrogen-bond donors (Lipinski definition) is 2. The van der Waals surface area contributed by atoms with Gasteiger partial charge in [0.2, 0.25) is 0 Å². The van der Waals surface area contributed by atoms with Crippen LogP contribution < -0.4 is 5.32 Å². The summed E-state index contributed by atoms with van der Waals surface area (Å²) in [5.74, 6) is -1.64. The molecule has 1 aromatic rings. The van der Waals surface area contributed by atoms with Gasteiger partial charge in [0.25, 0.3) is 0 Å². The Morgan fingerprint density at radius 2 is 2.05 bits per heavy atom. The van der Waals surface area contributed by atoms with Gasteiger partial charge in [-0.25, -0.2) is 8.78 Å². The van der Waals surface area contributed by atoms with Gasteiger partial charge in [-0.15, -0.1) is 0 Å². The lowest BCUT2D eigenvalue weighted by atomic mass is 9.70. The van der Waals surface area contributed by atoms with Gasteiger partial charge in [0.15, 0.2) is 11.6 Å². The molecule has 1 aliphatic heterocycles. The normalized spacial score (nSPS) is 33.5. The first-order chi connectivity index (χ1) is 9.59. The summed E-state index contributed by atoms with van der Waals surface area (Å²) in [5.41, 5.74) is -0.349. The van der Waals surface area contributed by atoms with Gasteiger partial charge in [0.05, 0.1) is 24.9 Å². The van der Waals surface area contributed by atoms with Crippen molar-refractivity contribution >= 4 is 5.69 Å². The summed E-state index contributed by atoms with van der Waals surface area (Å²) in [5, 5.41) is 14.0. The van der Waals surface area contributed by atoms with Crippen LogP contribution in [0.25, 0.3) is 0 Å². The number of ether oxygens (including phenoxy) is 1. The monoisotopic (exact) mass is 283 g/mol. The number of anilines is 1. The summed E-state index contributed by atoms with van der Waals surface area (Å²) < 4.78 is 31.8. The minimum atomic E-state index is -0.890. The highest BCUT2D eigenvalue weighted by Gasteiger charge is 2.48. The molecule has 0 radical (unpaired) electrons. The third kappa shape index (κ3) is 2.40. The van der Waals surface area contributed by atoms with Crippen molar-refractivity contribution in [3.63, 3.8) is 0 Å². The van der Waals surface area contributed by atoms with Crippen molar-refractivity contribution in [1.29, 1.82) is 0 Å². The maximum absolute atomic E-state index is 13.3. The predicted octanol–water partition coefficient (Wildman–Crippen LogP) is 2.70. The second kappa shape index (κ2) is 5.30. The second-order valence-electron chi connectivity index (χ2n) is 5.80. The van der Waals surface area contributed by atoms with E-state index in [1.807, 2.05) is 0 Å². The molecule has 1 heterocycles. The van der Waals surface area contributed by atoms with Crippen LogP contribution in [-0.4, -0.2) is 30.0 Å². The highest BCUT2D eigenvalue weighted by atomic mass is 19.2. The molecule has 0 aromatic heterocycles. The van der Waals surface area contributed by atoms with Gasteiger partial charge >= 0.3 is 0 Å². The Bertz CT molecular complexity index is 495. The molecule has 1 aliphatic carbocycles. The molecule has 3 atom stereocenters. The van der Waals surface area contributed by atoms with Crippen LogP contribution in [0.1, 0.15) is 25.7 Å². The lowest BCUT2D eigenvalue weighted by Gasteiger charge is -2.48. The maximum Gasteiger partial charge on any atom is 0.160 e. The summed E-state index contributed by atoms with van der Waals surface area (Å²) >= 11 is 0. The van der Waals surface area contributed by atoms with E-state index in [1.54, 1.807) is 0 Å². The molecular weight excluding hydrogens is 264 g/mol. The van der Waals surface area contributed by atoms with E-state index >= 15 is 0 Å². The smallest absolute Gasteiger partial charge is 0.160 e. The SMILES string of the molecule is OC12CCCCC1COCC2Nc1ccc(F)c(F)c1. The fourth-order valence-corrected chi connectivity index (χ4v) is 3.37. The van der Waals surface area contributed by atoms with Crippen LogP contribution in [0.3, 0.4) is 0 Å². The van der Waals surface area contributed by atoms with Crippen molar-refractivity contribution in [2.24, 2.45) is 5.92 Å². The Labute approximate surface area is 116 Å². The molecule has 1 saturated heterocycles. The van der Waals surface area contributed by atoms with E-state index in [2.05, 4.69) is 5.32 Å². The number of hydrogen-bond acceptors (Lipinski definition) is 3.